The number of hydrogen-bond acceptors (Lipinski definition) is 5. The fourth-order valence-electron chi connectivity index (χ4n) is 2.52. The lowest BCUT2D eigenvalue weighted by atomic mass is 10.2. The molecule has 6 heteroatoms. The maximum absolute atomic E-state index is 8.92. The van der Waals surface area contributed by atoms with Gasteiger partial charge >= 0.3 is 7.32 Å². The van der Waals surface area contributed by atoms with E-state index in [1.807, 2.05) is 48.3 Å². The second-order valence-electron chi connectivity index (χ2n) is 6.09. The van der Waals surface area contributed by atoms with Crippen LogP contribution in [0.2, 0.25) is 0 Å². The van der Waals surface area contributed by atoms with Crippen molar-refractivity contribution in [3.8, 4) is 5.75 Å². The molecule has 3 aromatic rings. The van der Waals surface area contributed by atoms with Gasteiger partial charge in [0.1, 0.15) is 5.75 Å². The van der Waals surface area contributed by atoms with E-state index in [9.17, 15) is 0 Å². The maximum atomic E-state index is 8.92. The average molecular weight is 348 g/mol. The van der Waals surface area contributed by atoms with Crippen LogP contribution in [0.1, 0.15) is 11.1 Å². The Labute approximate surface area is 153 Å². The lowest BCUT2D eigenvalue weighted by molar-refractivity contribution is 0.288. The van der Waals surface area contributed by atoms with E-state index >= 15 is 0 Å². The summed E-state index contributed by atoms with van der Waals surface area (Å²) >= 11 is 0. The SMILES string of the molecule is Cc1ccc(NN(c2ccc(C)cc2)c2ccc(OB(O)O)cc2)cc1. The molecule has 0 aromatic heterocycles. The highest BCUT2D eigenvalue weighted by atomic mass is 16.6. The molecule has 0 fully saturated rings. The summed E-state index contributed by atoms with van der Waals surface area (Å²) in [7, 11) is -1.83. The summed E-state index contributed by atoms with van der Waals surface area (Å²) in [4.78, 5) is 0. The molecule has 26 heavy (non-hydrogen) atoms. The first kappa shape index (κ1) is 17.9. The molecular weight excluding hydrogens is 327 g/mol. The van der Waals surface area contributed by atoms with Crippen LogP contribution in [0.25, 0.3) is 0 Å². The van der Waals surface area contributed by atoms with Gasteiger partial charge < -0.3 is 14.7 Å². The van der Waals surface area contributed by atoms with E-state index in [1.54, 1.807) is 12.1 Å². The summed E-state index contributed by atoms with van der Waals surface area (Å²) in [6, 6.07) is 23.4. The summed E-state index contributed by atoms with van der Waals surface area (Å²) in [6.45, 7) is 4.10. The van der Waals surface area contributed by atoms with E-state index < -0.39 is 7.32 Å². The number of hydrazine groups is 1. The Morgan fingerprint density at radius 3 is 1.69 bits per heavy atom. The summed E-state index contributed by atoms with van der Waals surface area (Å²) < 4.78 is 4.87. The highest BCUT2D eigenvalue weighted by Gasteiger charge is 2.13. The molecule has 0 saturated heterocycles. The van der Waals surface area contributed by atoms with Gasteiger partial charge in [0.25, 0.3) is 0 Å². The lowest BCUT2D eigenvalue weighted by Gasteiger charge is -2.27. The standard InChI is InChI=1S/C20H21BN2O3/c1-15-3-7-17(8-4-15)22-23(18-9-5-16(2)6-10-18)19-11-13-20(14-12-19)26-21(24)25/h3-14,22,24-25H,1-2H3. The smallest absolute Gasteiger partial charge is 0.512 e. The minimum absolute atomic E-state index is 0.378. The Balaban J connectivity index is 1.91. The molecule has 132 valence electrons. The number of benzene rings is 3. The van der Waals surface area contributed by atoms with Gasteiger partial charge in [-0.3, -0.25) is 10.4 Å². The first-order valence-corrected chi connectivity index (χ1v) is 8.34. The Bertz CT molecular complexity index is 834. The van der Waals surface area contributed by atoms with Crippen LogP contribution in [-0.2, 0) is 0 Å². The second-order valence-corrected chi connectivity index (χ2v) is 6.09. The molecule has 0 heterocycles. The fraction of sp³-hybridized carbons (Fsp3) is 0.100. The van der Waals surface area contributed by atoms with Gasteiger partial charge in [-0.15, -0.1) is 0 Å². The third-order valence-corrected chi connectivity index (χ3v) is 3.92. The van der Waals surface area contributed by atoms with Crippen molar-refractivity contribution in [3.63, 3.8) is 0 Å². The zero-order chi connectivity index (χ0) is 18.5. The maximum Gasteiger partial charge on any atom is 0.707 e. The molecule has 3 N–H and O–H groups in total. The molecule has 0 unspecified atom stereocenters. The van der Waals surface area contributed by atoms with Gasteiger partial charge in [0, 0.05) is 0 Å². The highest BCUT2D eigenvalue weighted by Crippen LogP contribution is 2.28. The molecule has 0 saturated carbocycles. The third-order valence-electron chi connectivity index (χ3n) is 3.92. The number of nitrogens with one attached hydrogen (secondary N) is 1. The fourth-order valence-corrected chi connectivity index (χ4v) is 2.52. The van der Waals surface area contributed by atoms with Crippen LogP contribution in [0.5, 0.6) is 5.75 Å². The molecule has 0 atom stereocenters. The number of nitrogens with zero attached hydrogens (tertiary/aromatic N) is 1. The van der Waals surface area contributed by atoms with Gasteiger partial charge in [0.15, 0.2) is 0 Å². The van der Waals surface area contributed by atoms with E-state index in [1.165, 1.54) is 11.1 Å². The average Bonchev–Trinajstić information content (AvgIpc) is 2.62. The van der Waals surface area contributed by atoms with Gasteiger partial charge in [0.05, 0.1) is 17.1 Å². The quantitative estimate of drug-likeness (QED) is 0.467. The van der Waals surface area contributed by atoms with Crippen molar-refractivity contribution in [1.82, 2.24) is 0 Å². The Morgan fingerprint density at radius 2 is 1.19 bits per heavy atom. The van der Waals surface area contributed by atoms with Gasteiger partial charge in [-0.05, 0) is 62.4 Å². The van der Waals surface area contributed by atoms with E-state index in [2.05, 4.69) is 36.6 Å². The monoisotopic (exact) mass is 348 g/mol. The second kappa shape index (κ2) is 7.95. The van der Waals surface area contributed by atoms with E-state index in [4.69, 9.17) is 14.7 Å². The topological polar surface area (TPSA) is 65.0 Å². The predicted molar refractivity (Wildman–Crippen MR) is 105 cm³/mol. The first-order valence-electron chi connectivity index (χ1n) is 8.34. The molecule has 0 spiro atoms. The molecule has 0 bridgehead atoms. The van der Waals surface area contributed by atoms with E-state index in [0.717, 1.165) is 17.1 Å². The van der Waals surface area contributed by atoms with Gasteiger partial charge in [-0.2, -0.15) is 0 Å². The summed E-state index contributed by atoms with van der Waals surface area (Å²) in [6.07, 6.45) is 0. The summed E-state index contributed by atoms with van der Waals surface area (Å²) in [5.74, 6) is 0.378. The highest BCUT2D eigenvalue weighted by molar-refractivity contribution is 6.33. The zero-order valence-electron chi connectivity index (χ0n) is 14.8. The molecule has 3 aromatic carbocycles. The van der Waals surface area contributed by atoms with Crippen LogP contribution in [0.4, 0.5) is 17.1 Å². The molecule has 3 rings (SSSR count). The molecule has 0 amide bonds. The molecular formula is C20H21BN2O3. The largest absolute Gasteiger partial charge is 0.707 e. The summed E-state index contributed by atoms with van der Waals surface area (Å²) in [5, 5.41) is 19.8. The summed E-state index contributed by atoms with van der Waals surface area (Å²) in [5.41, 5.74) is 8.62. The predicted octanol–water partition coefficient (Wildman–Crippen LogP) is 3.82. The van der Waals surface area contributed by atoms with Gasteiger partial charge in [-0.25, -0.2) is 0 Å². The minimum atomic E-state index is -1.83. The molecule has 0 aliphatic heterocycles. The number of anilines is 3. The number of aryl methyl sites for hydroxylation is 2. The van der Waals surface area contributed by atoms with Crippen LogP contribution >= 0.6 is 0 Å². The zero-order valence-corrected chi connectivity index (χ0v) is 14.8. The van der Waals surface area contributed by atoms with E-state index in [0.29, 0.717) is 5.75 Å². The first-order chi connectivity index (χ1) is 12.5. The van der Waals surface area contributed by atoms with Crippen molar-refractivity contribution in [3.05, 3.63) is 83.9 Å². The van der Waals surface area contributed by atoms with Crippen LogP contribution in [-0.4, -0.2) is 17.4 Å². The van der Waals surface area contributed by atoms with Crippen molar-refractivity contribution in [2.24, 2.45) is 0 Å². The Kier molecular flexibility index (Phi) is 5.46. The van der Waals surface area contributed by atoms with Crippen LogP contribution in [0.15, 0.2) is 72.8 Å². The Morgan fingerprint density at radius 1 is 0.731 bits per heavy atom. The normalized spacial score (nSPS) is 10.3. The molecule has 0 aliphatic carbocycles. The number of rotatable bonds is 6. The Hall–Kier alpha value is -2.96. The van der Waals surface area contributed by atoms with Crippen molar-refractivity contribution in [1.29, 1.82) is 0 Å². The molecule has 0 aliphatic rings. The van der Waals surface area contributed by atoms with E-state index in [-0.39, 0.29) is 0 Å². The van der Waals surface area contributed by atoms with Gasteiger partial charge in [0.2, 0.25) is 0 Å². The van der Waals surface area contributed by atoms with Crippen molar-refractivity contribution in [2.75, 3.05) is 10.4 Å². The van der Waals surface area contributed by atoms with Crippen LogP contribution in [0, 0.1) is 13.8 Å². The van der Waals surface area contributed by atoms with Crippen LogP contribution < -0.4 is 15.1 Å². The van der Waals surface area contributed by atoms with Crippen molar-refractivity contribution < 1.29 is 14.7 Å². The lowest BCUT2D eigenvalue weighted by Crippen LogP contribution is -2.24. The van der Waals surface area contributed by atoms with Crippen LogP contribution in [0.3, 0.4) is 0 Å². The third kappa shape index (κ3) is 4.56. The molecule has 5 nitrogen and oxygen atoms in total. The van der Waals surface area contributed by atoms with Crippen molar-refractivity contribution >= 4 is 24.4 Å². The minimum Gasteiger partial charge on any atom is -0.512 e. The van der Waals surface area contributed by atoms with Gasteiger partial charge in [-0.1, -0.05) is 35.4 Å². The molecule has 0 radical (unpaired) electrons. The number of hydrogen-bond donors (Lipinski definition) is 3. The van der Waals surface area contributed by atoms with Crippen molar-refractivity contribution in [2.45, 2.75) is 13.8 Å².